The number of hydrogen-bond donors (Lipinski definition) is 0. The van der Waals surface area contributed by atoms with E-state index in [9.17, 15) is 8.42 Å². The number of pyridine rings is 1. The van der Waals surface area contributed by atoms with E-state index < -0.39 is 9.05 Å². The molecule has 0 saturated heterocycles. The number of rotatable bonds is 3. The fraction of sp³-hybridized carbons (Fsp3) is 0.182. The molecule has 0 spiro atoms. The van der Waals surface area contributed by atoms with Crippen molar-refractivity contribution in [2.24, 2.45) is 0 Å². The first-order valence-corrected chi connectivity index (χ1v) is 7.54. The maximum atomic E-state index is 11.2. The third kappa shape index (κ3) is 3.10. The van der Waals surface area contributed by atoms with Crippen molar-refractivity contribution in [3.05, 3.63) is 41.6 Å². The summed E-state index contributed by atoms with van der Waals surface area (Å²) in [6.45, 7) is 2.07. The number of nitrogens with zero attached hydrogens (tertiary/aromatic N) is 4. The molecular weight excluding hydrogens is 288 g/mol. The van der Waals surface area contributed by atoms with Gasteiger partial charge in [0.15, 0.2) is 5.03 Å². The van der Waals surface area contributed by atoms with Gasteiger partial charge in [-0.2, -0.15) is 5.26 Å². The highest BCUT2D eigenvalue weighted by Gasteiger charge is 2.16. The lowest BCUT2D eigenvalue weighted by Gasteiger charge is -2.04. The van der Waals surface area contributed by atoms with Crippen LogP contribution in [-0.4, -0.2) is 23.0 Å². The van der Waals surface area contributed by atoms with Crippen molar-refractivity contribution in [3.8, 4) is 6.07 Å². The second-order valence-corrected chi connectivity index (χ2v) is 6.37. The van der Waals surface area contributed by atoms with Crippen LogP contribution in [0, 0.1) is 18.3 Å². The molecule has 0 aliphatic heterocycles. The number of nitriles is 1. The molecule has 0 unspecified atom stereocenters. The van der Waals surface area contributed by atoms with Gasteiger partial charge in [-0.3, -0.25) is 0 Å². The molecule has 0 N–H and O–H groups in total. The van der Waals surface area contributed by atoms with E-state index in [0.29, 0.717) is 18.1 Å². The van der Waals surface area contributed by atoms with E-state index in [1.807, 2.05) is 6.07 Å². The Bertz CT molecular complexity index is 761. The van der Waals surface area contributed by atoms with Gasteiger partial charge >= 0.3 is 0 Å². The molecule has 0 radical (unpaired) electrons. The summed E-state index contributed by atoms with van der Waals surface area (Å²) in [6, 6.07) is 5.32. The molecule has 6 nitrogen and oxygen atoms in total. The van der Waals surface area contributed by atoms with Gasteiger partial charge in [0.1, 0.15) is 17.6 Å². The molecule has 0 aromatic carbocycles. The van der Waals surface area contributed by atoms with E-state index in [-0.39, 0.29) is 5.03 Å². The van der Waals surface area contributed by atoms with Gasteiger partial charge in [-0.15, -0.1) is 0 Å². The van der Waals surface area contributed by atoms with Crippen molar-refractivity contribution in [2.45, 2.75) is 18.5 Å². The van der Waals surface area contributed by atoms with Gasteiger partial charge in [0.05, 0.1) is 0 Å². The Kier molecular flexibility index (Phi) is 3.55. The zero-order valence-electron chi connectivity index (χ0n) is 9.91. The summed E-state index contributed by atoms with van der Waals surface area (Å²) >= 11 is 0. The standard InChI is InChI=1S/C11H9ClN4O2S/c1-8-15-11(19(12,17)18)7-16(8)6-9-2-3-14-10(4-9)5-13/h2-4,7H,6H2,1H3. The predicted octanol–water partition coefficient (Wildman–Crippen LogP) is 1.43. The largest absolute Gasteiger partial charge is 0.329 e. The summed E-state index contributed by atoms with van der Waals surface area (Å²) in [5.74, 6) is 0.523. The highest BCUT2D eigenvalue weighted by atomic mass is 35.7. The van der Waals surface area contributed by atoms with Crippen molar-refractivity contribution in [2.75, 3.05) is 0 Å². The second kappa shape index (κ2) is 4.99. The fourth-order valence-corrected chi connectivity index (χ4v) is 2.30. The van der Waals surface area contributed by atoms with Gasteiger partial charge in [-0.25, -0.2) is 18.4 Å². The van der Waals surface area contributed by atoms with Crippen LogP contribution in [0.4, 0.5) is 0 Å². The van der Waals surface area contributed by atoms with E-state index in [0.717, 1.165) is 5.56 Å². The fourth-order valence-electron chi connectivity index (χ4n) is 1.59. The van der Waals surface area contributed by atoms with Crippen LogP contribution in [0.25, 0.3) is 0 Å². The van der Waals surface area contributed by atoms with Crippen molar-refractivity contribution in [1.29, 1.82) is 5.26 Å². The molecular formula is C11H9ClN4O2S. The van der Waals surface area contributed by atoms with Gasteiger partial charge < -0.3 is 4.57 Å². The van der Waals surface area contributed by atoms with Gasteiger partial charge in [0.2, 0.25) is 0 Å². The summed E-state index contributed by atoms with van der Waals surface area (Å²) in [7, 11) is 1.40. The molecule has 2 heterocycles. The average molecular weight is 297 g/mol. The molecule has 0 aliphatic carbocycles. The Balaban J connectivity index is 2.34. The molecule has 0 aliphatic rings. The highest BCUT2D eigenvalue weighted by Crippen LogP contribution is 2.15. The first kappa shape index (κ1) is 13.5. The number of halogens is 1. The van der Waals surface area contributed by atoms with Gasteiger partial charge in [0, 0.05) is 29.6 Å². The molecule has 98 valence electrons. The minimum absolute atomic E-state index is 0.179. The van der Waals surface area contributed by atoms with Gasteiger partial charge in [-0.1, -0.05) is 0 Å². The molecule has 0 fully saturated rings. The zero-order valence-corrected chi connectivity index (χ0v) is 11.5. The van der Waals surface area contributed by atoms with E-state index in [2.05, 4.69) is 9.97 Å². The SMILES string of the molecule is Cc1nc(S(=O)(=O)Cl)cn1Cc1ccnc(C#N)c1. The summed E-state index contributed by atoms with van der Waals surface area (Å²) < 4.78 is 24.0. The topological polar surface area (TPSA) is 88.6 Å². The Labute approximate surface area is 114 Å². The molecule has 0 atom stereocenters. The molecule has 0 saturated carbocycles. The van der Waals surface area contributed by atoms with E-state index in [4.69, 9.17) is 15.9 Å². The zero-order chi connectivity index (χ0) is 14.0. The van der Waals surface area contributed by atoms with Crippen LogP contribution in [-0.2, 0) is 15.6 Å². The number of imidazole rings is 1. The Hall–Kier alpha value is -1.91. The first-order chi connectivity index (χ1) is 8.90. The minimum Gasteiger partial charge on any atom is -0.329 e. The highest BCUT2D eigenvalue weighted by molar-refractivity contribution is 8.13. The van der Waals surface area contributed by atoms with Gasteiger partial charge in [0.25, 0.3) is 9.05 Å². The minimum atomic E-state index is -3.83. The normalized spacial score (nSPS) is 11.2. The van der Waals surface area contributed by atoms with Crippen LogP contribution in [0.3, 0.4) is 0 Å². The third-order valence-electron chi connectivity index (χ3n) is 2.50. The molecule has 8 heteroatoms. The van der Waals surface area contributed by atoms with Crippen LogP contribution >= 0.6 is 10.7 Å². The Morgan fingerprint density at radius 3 is 2.84 bits per heavy atom. The predicted molar refractivity (Wildman–Crippen MR) is 68.1 cm³/mol. The average Bonchev–Trinajstić information content (AvgIpc) is 2.71. The molecule has 2 aromatic heterocycles. The molecule has 0 bridgehead atoms. The first-order valence-electron chi connectivity index (χ1n) is 5.23. The van der Waals surface area contributed by atoms with E-state index in [1.54, 1.807) is 23.6 Å². The summed E-state index contributed by atoms with van der Waals surface area (Å²) in [5.41, 5.74) is 1.13. The maximum Gasteiger partial charge on any atom is 0.280 e. The quantitative estimate of drug-likeness (QED) is 0.800. The summed E-state index contributed by atoms with van der Waals surface area (Å²) in [4.78, 5) is 7.75. The number of aromatic nitrogens is 3. The number of hydrogen-bond acceptors (Lipinski definition) is 5. The maximum absolute atomic E-state index is 11.2. The smallest absolute Gasteiger partial charge is 0.280 e. The third-order valence-corrected chi connectivity index (χ3v) is 3.67. The molecule has 2 rings (SSSR count). The van der Waals surface area contributed by atoms with Crippen LogP contribution in [0.1, 0.15) is 17.1 Å². The molecule has 2 aromatic rings. The van der Waals surface area contributed by atoms with Crippen molar-refractivity contribution >= 4 is 19.7 Å². The number of aryl methyl sites for hydroxylation is 1. The Morgan fingerprint density at radius 1 is 1.53 bits per heavy atom. The van der Waals surface area contributed by atoms with Crippen molar-refractivity contribution in [1.82, 2.24) is 14.5 Å². The second-order valence-electron chi connectivity index (χ2n) is 3.85. The molecule has 19 heavy (non-hydrogen) atoms. The monoisotopic (exact) mass is 296 g/mol. The Morgan fingerprint density at radius 2 is 2.26 bits per heavy atom. The van der Waals surface area contributed by atoms with E-state index in [1.165, 1.54) is 12.4 Å². The lowest BCUT2D eigenvalue weighted by Crippen LogP contribution is -2.01. The summed E-state index contributed by atoms with van der Waals surface area (Å²) in [5, 5.41) is 8.59. The lowest BCUT2D eigenvalue weighted by molar-refractivity contribution is 0.606. The van der Waals surface area contributed by atoms with Crippen LogP contribution in [0.5, 0.6) is 0 Å². The van der Waals surface area contributed by atoms with Crippen molar-refractivity contribution in [3.63, 3.8) is 0 Å². The van der Waals surface area contributed by atoms with Crippen LogP contribution in [0.2, 0.25) is 0 Å². The molecule has 0 amide bonds. The van der Waals surface area contributed by atoms with Crippen LogP contribution in [0.15, 0.2) is 29.6 Å². The van der Waals surface area contributed by atoms with E-state index >= 15 is 0 Å². The van der Waals surface area contributed by atoms with Crippen molar-refractivity contribution < 1.29 is 8.42 Å². The van der Waals surface area contributed by atoms with Gasteiger partial charge in [-0.05, 0) is 24.6 Å². The van der Waals surface area contributed by atoms with Crippen LogP contribution < -0.4 is 0 Å². The lowest BCUT2D eigenvalue weighted by atomic mass is 10.2. The summed E-state index contributed by atoms with van der Waals surface area (Å²) in [6.07, 6.45) is 2.89.